The van der Waals surface area contributed by atoms with Crippen molar-refractivity contribution >= 4 is 27.4 Å². The molecule has 33 heavy (non-hydrogen) atoms. The molecule has 1 heterocycles. The van der Waals surface area contributed by atoms with Crippen molar-refractivity contribution in [1.29, 1.82) is 0 Å². The molecule has 0 aliphatic carbocycles. The fraction of sp³-hybridized carbons (Fsp3) is 0.160. The Morgan fingerprint density at radius 3 is 2.09 bits per heavy atom. The first-order valence-electron chi connectivity index (χ1n) is 10.5. The second-order valence-corrected chi connectivity index (χ2v) is 10.3. The molecule has 6 nitrogen and oxygen atoms in total. The molecule has 0 aliphatic rings. The normalized spacial score (nSPS) is 11.4. The molecule has 4 aromatic rings. The second kappa shape index (κ2) is 10.1. The number of aromatic nitrogens is 3. The number of Topliss-reactive ketones (excluding diaryl/α,β-unsaturated/α-hetero) is 1. The minimum atomic E-state index is -3.53. The topological polar surface area (TPSA) is 81.9 Å². The van der Waals surface area contributed by atoms with Gasteiger partial charge in [-0.3, -0.25) is 4.79 Å². The average Bonchev–Trinajstić information content (AvgIpc) is 3.24. The average molecular weight is 478 g/mol. The number of ketones is 1. The van der Waals surface area contributed by atoms with E-state index >= 15 is 0 Å². The molecule has 4 rings (SSSR count). The zero-order valence-electron chi connectivity index (χ0n) is 18.1. The lowest BCUT2D eigenvalue weighted by Gasteiger charge is -2.08. The molecule has 1 aromatic heterocycles. The van der Waals surface area contributed by atoms with Crippen molar-refractivity contribution in [2.45, 2.75) is 29.3 Å². The SMILES string of the molecule is CCn1c(CS(=O)(=O)c2ccccc2)nnc1SCC(=O)c1ccc(-c2ccccc2)cc1. The first-order valence-corrected chi connectivity index (χ1v) is 13.1. The van der Waals surface area contributed by atoms with Crippen molar-refractivity contribution < 1.29 is 13.2 Å². The Morgan fingerprint density at radius 2 is 1.45 bits per heavy atom. The van der Waals surface area contributed by atoms with Gasteiger partial charge in [0.15, 0.2) is 20.8 Å². The maximum Gasteiger partial charge on any atom is 0.191 e. The summed E-state index contributed by atoms with van der Waals surface area (Å²) in [5.41, 5.74) is 2.77. The van der Waals surface area contributed by atoms with E-state index in [2.05, 4.69) is 10.2 Å². The van der Waals surface area contributed by atoms with E-state index in [-0.39, 0.29) is 22.2 Å². The highest BCUT2D eigenvalue weighted by Gasteiger charge is 2.21. The summed E-state index contributed by atoms with van der Waals surface area (Å²) in [4.78, 5) is 13.0. The van der Waals surface area contributed by atoms with Gasteiger partial charge in [-0.1, -0.05) is 84.6 Å². The van der Waals surface area contributed by atoms with Crippen LogP contribution in [0, 0.1) is 0 Å². The molecule has 0 amide bonds. The van der Waals surface area contributed by atoms with Crippen molar-refractivity contribution in [2.75, 3.05) is 5.75 Å². The standard InChI is InChI=1S/C25H23N3O3S2/c1-2-28-24(18-33(30,31)22-11-7-4-8-12-22)26-27-25(28)32-17-23(29)21-15-13-20(14-16-21)19-9-5-3-6-10-19/h3-16H,2,17-18H2,1H3. The van der Waals surface area contributed by atoms with Gasteiger partial charge in [0.2, 0.25) is 0 Å². The molecular weight excluding hydrogens is 454 g/mol. The van der Waals surface area contributed by atoms with Crippen molar-refractivity contribution in [1.82, 2.24) is 14.8 Å². The van der Waals surface area contributed by atoms with Crippen LogP contribution in [0.3, 0.4) is 0 Å². The van der Waals surface area contributed by atoms with E-state index in [9.17, 15) is 13.2 Å². The lowest BCUT2D eigenvalue weighted by atomic mass is 10.0. The highest BCUT2D eigenvalue weighted by molar-refractivity contribution is 7.99. The molecule has 8 heteroatoms. The predicted molar refractivity (Wildman–Crippen MR) is 130 cm³/mol. The van der Waals surface area contributed by atoms with E-state index in [1.54, 1.807) is 34.9 Å². The molecule has 0 unspecified atom stereocenters. The maximum absolute atomic E-state index is 12.7. The Balaban J connectivity index is 1.43. The van der Waals surface area contributed by atoms with Gasteiger partial charge in [0, 0.05) is 12.1 Å². The van der Waals surface area contributed by atoms with Crippen LogP contribution in [0.1, 0.15) is 23.1 Å². The number of rotatable bonds is 9. The third-order valence-corrected chi connectivity index (χ3v) is 7.77. The minimum absolute atomic E-state index is 0.0243. The number of carbonyl (C=O) groups excluding carboxylic acids is 1. The number of hydrogen-bond donors (Lipinski definition) is 0. The molecule has 0 bridgehead atoms. The molecule has 0 fully saturated rings. The quantitative estimate of drug-likeness (QED) is 0.252. The van der Waals surface area contributed by atoms with E-state index in [1.165, 1.54) is 11.8 Å². The lowest BCUT2D eigenvalue weighted by molar-refractivity contribution is 0.102. The third-order valence-electron chi connectivity index (χ3n) is 5.18. The van der Waals surface area contributed by atoms with Gasteiger partial charge in [-0.15, -0.1) is 10.2 Å². The summed E-state index contributed by atoms with van der Waals surface area (Å²) in [6.07, 6.45) is 0. The molecule has 3 aromatic carbocycles. The monoisotopic (exact) mass is 477 g/mol. The smallest absolute Gasteiger partial charge is 0.191 e. The number of hydrogen-bond acceptors (Lipinski definition) is 6. The van der Waals surface area contributed by atoms with Gasteiger partial charge in [0.1, 0.15) is 11.6 Å². The maximum atomic E-state index is 12.7. The summed E-state index contributed by atoms with van der Waals surface area (Å²) in [6, 6.07) is 25.8. The van der Waals surface area contributed by atoms with Crippen LogP contribution in [0.25, 0.3) is 11.1 Å². The van der Waals surface area contributed by atoms with Crippen LogP contribution in [-0.2, 0) is 22.1 Å². The number of carbonyl (C=O) groups is 1. The lowest BCUT2D eigenvalue weighted by Crippen LogP contribution is -2.11. The molecule has 0 saturated carbocycles. The molecular formula is C25H23N3O3S2. The van der Waals surface area contributed by atoms with Crippen molar-refractivity contribution in [3.63, 3.8) is 0 Å². The van der Waals surface area contributed by atoms with Crippen molar-refractivity contribution in [3.05, 3.63) is 96.3 Å². The first-order chi connectivity index (χ1) is 16.0. The van der Waals surface area contributed by atoms with Gasteiger partial charge in [0.05, 0.1) is 10.6 Å². The van der Waals surface area contributed by atoms with Gasteiger partial charge in [-0.05, 0) is 30.2 Å². The van der Waals surface area contributed by atoms with Crippen LogP contribution >= 0.6 is 11.8 Å². The van der Waals surface area contributed by atoms with Gasteiger partial charge in [-0.25, -0.2) is 8.42 Å². The Morgan fingerprint density at radius 1 is 0.848 bits per heavy atom. The van der Waals surface area contributed by atoms with Crippen LogP contribution in [0.2, 0.25) is 0 Å². The van der Waals surface area contributed by atoms with E-state index in [0.717, 1.165) is 11.1 Å². The zero-order valence-corrected chi connectivity index (χ0v) is 19.7. The predicted octanol–water partition coefficient (Wildman–Crippen LogP) is 4.91. The van der Waals surface area contributed by atoms with Gasteiger partial charge < -0.3 is 4.57 Å². The highest BCUT2D eigenvalue weighted by Crippen LogP contribution is 2.23. The number of benzene rings is 3. The Hall–Kier alpha value is -3.23. The van der Waals surface area contributed by atoms with E-state index in [0.29, 0.717) is 23.1 Å². The Kier molecular flexibility index (Phi) is 7.05. The number of nitrogens with zero attached hydrogens (tertiary/aromatic N) is 3. The summed E-state index contributed by atoms with van der Waals surface area (Å²) in [7, 11) is -3.53. The molecule has 0 radical (unpaired) electrons. The van der Waals surface area contributed by atoms with Crippen LogP contribution in [0.4, 0.5) is 0 Å². The van der Waals surface area contributed by atoms with Crippen molar-refractivity contribution in [3.8, 4) is 11.1 Å². The van der Waals surface area contributed by atoms with Crippen LogP contribution in [0.15, 0.2) is 95.0 Å². The molecule has 0 saturated heterocycles. The summed E-state index contributed by atoms with van der Waals surface area (Å²) < 4.78 is 27.2. The van der Waals surface area contributed by atoms with E-state index in [4.69, 9.17) is 0 Å². The van der Waals surface area contributed by atoms with Crippen LogP contribution in [-0.4, -0.2) is 34.7 Å². The van der Waals surface area contributed by atoms with Gasteiger partial charge in [0.25, 0.3) is 0 Å². The van der Waals surface area contributed by atoms with Crippen LogP contribution in [0.5, 0.6) is 0 Å². The molecule has 0 aliphatic heterocycles. The zero-order chi connectivity index (χ0) is 23.3. The van der Waals surface area contributed by atoms with Crippen molar-refractivity contribution in [2.24, 2.45) is 0 Å². The van der Waals surface area contributed by atoms with E-state index in [1.807, 2.05) is 61.5 Å². The third kappa shape index (κ3) is 5.40. The second-order valence-electron chi connectivity index (χ2n) is 7.37. The molecule has 0 N–H and O–H groups in total. The minimum Gasteiger partial charge on any atom is -0.305 e. The summed E-state index contributed by atoms with van der Waals surface area (Å²) in [6.45, 7) is 2.41. The largest absolute Gasteiger partial charge is 0.305 e. The van der Waals surface area contributed by atoms with Gasteiger partial charge in [-0.2, -0.15) is 0 Å². The fourth-order valence-corrected chi connectivity index (χ4v) is 5.63. The summed E-state index contributed by atoms with van der Waals surface area (Å²) in [5, 5.41) is 8.77. The first kappa shape index (κ1) is 22.9. The summed E-state index contributed by atoms with van der Waals surface area (Å²) >= 11 is 1.26. The number of sulfone groups is 1. The molecule has 168 valence electrons. The Bertz CT molecular complexity index is 1330. The highest BCUT2D eigenvalue weighted by atomic mass is 32.2. The fourth-order valence-electron chi connectivity index (χ4n) is 3.42. The summed E-state index contributed by atoms with van der Waals surface area (Å²) in [5.74, 6) is 0.286. The molecule has 0 atom stereocenters. The van der Waals surface area contributed by atoms with Gasteiger partial charge >= 0.3 is 0 Å². The molecule has 0 spiro atoms. The Labute approximate surface area is 197 Å². The number of thioether (sulfide) groups is 1. The van der Waals surface area contributed by atoms with Crippen LogP contribution < -0.4 is 0 Å². The van der Waals surface area contributed by atoms with E-state index < -0.39 is 9.84 Å².